The summed E-state index contributed by atoms with van der Waals surface area (Å²) in [4.78, 5) is 0. The number of hydrogen-bond acceptors (Lipinski definition) is 3. The van der Waals surface area contributed by atoms with E-state index in [-0.39, 0.29) is 0 Å². The molecule has 1 N–H and O–H groups in total. The first-order valence-electron chi connectivity index (χ1n) is 7.29. The van der Waals surface area contributed by atoms with Gasteiger partial charge in [0.1, 0.15) is 5.75 Å². The molecule has 0 amide bonds. The molecule has 1 heterocycles. The highest BCUT2D eigenvalue weighted by atomic mass is 16.5. The molecule has 3 nitrogen and oxygen atoms in total. The maximum atomic E-state index is 5.55. The molecule has 0 saturated carbocycles. The number of rotatable bonds is 8. The summed E-state index contributed by atoms with van der Waals surface area (Å²) in [5.74, 6) is 1.69. The summed E-state index contributed by atoms with van der Waals surface area (Å²) in [7, 11) is 0. The third-order valence-corrected chi connectivity index (χ3v) is 3.18. The molecule has 0 radical (unpaired) electrons. The summed E-state index contributed by atoms with van der Waals surface area (Å²) < 4.78 is 11.1. The van der Waals surface area contributed by atoms with Gasteiger partial charge in [0, 0.05) is 26.2 Å². The minimum atomic E-state index is 0.626. The van der Waals surface area contributed by atoms with Gasteiger partial charge in [-0.25, -0.2) is 0 Å². The van der Waals surface area contributed by atoms with E-state index in [1.807, 2.05) is 0 Å². The Kier molecular flexibility index (Phi) is 5.67. The molecule has 0 aliphatic carbocycles. The Hall–Kier alpha value is -1.06. The SMILES string of the molecule is CC(C)COCCCNCc1ccc2c(c1)CCO2. The van der Waals surface area contributed by atoms with Crippen LogP contribution >= 0.6 is 0 Å². The smallest absolute Gasteiger partial charge is 0.122 e. The van der Waals surface area contributed by atoms with Crippen LogP contribution in [0.2, 0.25) is 0 Å². The lowest BCUT2D eigenvalue weighted by Crippen LogP contribution is -2.17. The second-order valence-corrected chi connectivity index (χ2v) is 5.54. The Morgan fingerprint density at radius 3 is 3.11 bits per heavy atom. The maximum absolute atomic E-state index is 5.55. The summed E-state index contributed by atoms with van der Waals surface area (Å²) in [5.41, 5.74) is 2.69. The number of benzene rings is 1. The van der Waals surface area contributed by atoms with Crippen molar-refractivity contribution in [3.63, 3.8) is 0 Å². The summed E-state index contributed by atoms with van der Waals surface area (Å²) in [6.07, 6.45) is 2.12. The Morgan fingerprint density at radius 1 is 1.37 bits per heavy atom. The van der Waals surface area contributed by atoms with Crippen molar-refractivity contribution in [2.24, 2.45) is 5.92 Å². The summed E-state index contributed by atoms with van der Waals surface area (Å²) in [5, 5.41) is 3.46. The van der Waals surface area contributed by atoms with Crippen molar-refractivity contribution in [3.8, 4) is 5.75 Å². The van der Waals surface area contributed by atoms with E-state index in [2.05, 4.69) is 37.4 Å². The maximum Gasteiger partial charge on any atom is 0.122 e. The fourth-order valence-corrected chi connectivity index (χ4v) is 2.20. The molecule has 19 heavy (non-hydrogen) atoms. The van der Waals surface area contributed by atoms with Gasteiger partial charge in [-0.2, -0.15) is 0 Å². The van der Waals surface area contributed by atoms with Crippen LogP contribution in [0.15, 0.2) is 18.2 Å². The van der Waals surface area contributed by atoms with E-state index < -0.39 is 0 Å². The van der Waals surface area contributed by atoms with Gasteiger partial charge in [0.25, 0.3) is 0 Å². The molecule has 1 aliphatic rings. The molecule has 0 fully saturated rings. The van der Waals surface area contributed by atoms with Crippen LogP contribution in [0.3, 0.4) is 0 Å². The molecule has 0 spiro atoms. The minimum Gasteiger partial charge on any atom is -0.493 e. The minimum absolute atomic E-state index is 0.626. The molecule has 0 unspecified atom stereocenters. The van der Waals surface area contributed by atoms with E-state index >= 15 is 0 Å². The number of hydrogen-bond donors (Lipinski definition) is 1. The lowest BCUT2D eigenvalue weighted by Gasteiger charge is -2.08. The van der Waals surface area contributed by atoms with Crippen molar-refractivity contribution in [1.82, 2.24) is 5.32 Å². The van der Waals surface area contributed by atoms with Crippen LogP contribution in [0.5, 0.6) is 5.75 Å². The van der Waals surface area contributed by atoms with Crippen LogP contribution in [0.4, 0.5) is 0 Å². The largest absolute Gasteiger partial charge is 0.493 e. The average Bonchev–Trinajstić information content (AvgIpc) is 2.84. The third-order valence-electron chi connectivity index (χ3n) is 3.18. The van der Waals surface area contributed by atoms with Crippen molar-refractivity contribution in [1.29, 1.82) is 0 Å². The Balaban J connectivity index is 1.58. The Morgan fingerprint density at radius 2 is 2.26 bits per heavy atom. The van der Waals surface area contributed by atoms with Crippen molar-refractivity contribution < 1.29 is 9.47 Å². The van der Waals surface area contributed by atoms with Crippen molar-refractivity contribution >= 4 is 0 Å². The predicted octanol–water partition coefficient (Wildman–Crippen LogP) is 2.77. The van der Waals surface area contributed by atoms with Crippen LogP contribution in [0, 0.1) is 5.92 Å². The van der Waals surface area contributed by atoms with E-state index in [0.29, 0.717) is 5.92 Å². The van der Waals surface area contributed by atoms with Crippen LogP contribution < -0.4 is 10.1 Å². The Bertz CT molecular complexity index is 390. The van der Waals surface area contributed by atoms with E-state index in [1.165, 1.54) is 11.1 Å². The standard InChI is InChI=1S/C16H25NO2/c1-13(2)12-18-8-3-7-17-11-14-4-5-16-15(10-14)6-9-19-16/h4-5,10,13,17H,3,6-9,11-12H2,1-2H3. The van der Waals surface area contributed by atoms with Gasteiger partial charge >= 0.3 is 0 Å². The third kappa shape index (κ3) is 4.84. The monoisotopic (exact) mass is 263 g/mol. The summed E-state index contributed by atoms with van der Waals surface area (Å²) in [6.45, 7) is 8.84. The molecule has 1 aromatic rings. The van der Waals surface area contributed by atoms with E-state index in [1.54, 1.807) is 0 Å². The van der Waals surface area contributed by atoms with Gasteiger partial charge in [-0.1, -0.05) is 26.0 Å². The lowest BCUT2D eigenvalue weighted by atomic mass is 10.1. The number of ether oxygens (including phenoxy) is 2. The van der Waals surface area contributed by atoms with E-state index in [4.69, 9.17) is 9.47 Å². The van der Waals surface area contributed by atoms with Gasteiger partial charge < -0.3 is 14.8 Å². The molecular formula is C16H25NO2. The number of nitrogens with one attached hydrogen (secondary N) is 1. The first-order chi connectivity index (χ1) is 9.25. The van der Waals surface area contributed by atoms with Gasteiger partial charge in [-0.15, -0.1) is 0 Å². The van der Waals surface area contributed by atoms with E-state index in [0.717, 1.165) is 51.5 Å². The normalized spacial score (nSPS) is 13.6. The molecule has 0 saturated heterocycles. The molecule has 106 valence electrons. The first kappa shape index (κ1) is 14.4. The van der Waals surface area contributed by atoms with Gasteiger partial charge in [0.05, 0.1) is 6.61 Å². The van der Waals surface area contributed by atoms with Gasteiger partial charge in [0.2, 0.25) is 0 Å². The van der Waals surface area contributed by atoms with Crippen LogP contribution in [0.25, 0.3) is 0 Å². The highest BCUT2D eigenvalue weighted by Crippen LogP contribution is 2.25. The quantitative estimate of drug-likeness (QED) is 0.732. The zero-order chi connectivity index (χ0) is 13.5. The molecule has 3 heteroatoms. The van der Waals surface area contributed by atoms with Crippen molar-refractivity contribution in [3.05, 3.63) is 29.3 Å². The molecule has 2 rings (SSSR count). The second-order valence-electron chi connectivity index (χ2n) is 5.54. The summed E-state index contributed by atoms with van der Waals surface area (Å²) >= 11 is 0. The van der Waals surface area contributed by atoms with Gasteiger partial charge in [-0.3, -0.25) is 0 Å². The summed E-state index contributed by atoms with van der Waals surface area (Å²) in [6, 6.07) is 6.49. The fraction of sp³-hybridized carbons (Fsp3) is 0.625. The molecule has 1 aromatic carbocycles. The average molecular weight is 263 g/mol. The van der Waals surface area contributed by atoms with Crippen LogP contribution in [-0.4, -0.2) is 26.4 Å². The molecular weight excluding hydrogens is 238 g/mol. The van der Waals surface area contributed by atoms with E-state index in [9.17, 15) is 0 Å². The topological polar surface area (TPSA) is 30.5 Å². The predicted molar refractivity (Wildman–Crippen MR) is 77.6 cm³/mol. The zero-order valence-electron chi connectivity index (χ0n) is 12.1. The highest BCUT2D eigenvalue weighted by Gasteiger charge is 2.11. The van der Waals surface area contributed by atoms with Crippen LogP contribution in [-0.2, 0) is 17.7 Å². The Labute approximate surface area is 116 Å². The zero-order valence-corrected chi connectivity index (χ0v) is 12.1. The van der Waals surface area contributed by atoms with Gasteiger partial charge in [0.15, 0.2) is 0 Å². The van der Waals surface area contributed by atoms with Crippen LogP contribution in [0.1, 0.15) is 31.4 Å². The second kappa shape index (κ2) is 7.51. The molecule has 0 aromatic heterocycles. The molecule has 1 aliphatic heterocycles. The van der Waals surface area contributed by atoms with Crippen molar-refractivity contribution in [2.75, 3.05) is 26.4 Å². The molecule has 0 atom stereocenters. The van der Waals surface area contributed by atoms with Crippen molar-refractivity contribution in [2.45, 2.75) is 33.2 Å². The lowest BCUT2D eigenvalue weighted by molar-refractivity contribution is 0.108. The number of fused-ring (bicyclic) bond motifs is 1. The van der Waals surface area contributed by atoms with Gasteiger partial charge in [-0.05, 0) is 36.1 Å². The fourth-order valence-electron chi connectivity index (χ4n) is 2.20. The highest BCUT2D eigenvalue weighted by molar-refractivity contribution is 5.39. The first-order valence-corrected chi connectivity index (χ1v) is 7.29. The molecule has 0 bridgehead atoms.